The highest BCUT2D eigenvalue weighted by molar-refractivity contribution is 8.00. The molecule has 3 heterocycles. The van der Waals surface area contributed by atoms with Crippen LogP contribution in [-0.2, 0) is 16.1 Å². The second-order valence-electron chi connectivity index (χ2n) is 5.33. The maximum Gasteiger partial charge on any atom is 0.272 e. The largest absolute Gasteiger partial charge is 0.543 e. The van der Waals surface area contributed by atoms with E-state index in [4.69, 9.17) is 0 Å². The van der Waals surface area contributed by atoms with E-state index in [2.05, 4.69) is 10.4 Å². The van der Waals surface area contributed by atoms with E-state index >= 15 is 0 Å². The fraction of sp³-hybridized carbons (Fsp3) is 0.429. The molecular formula is C14H15N4O4S-. The number of aryl methyl sites for hydroxylation is 1. The number of carboxylic acid groups (broad SMARTS) is 1. The summed E-state index contributed by atoms with van der Waals surface area (Å²) in [5.41, 5.74) is 0.733. The van der Waals surface area contributed by atoms with Crippen molar-refractivity contribution in [3.05, 3.63) is 29.2 Å². The van der Waals surface area contributed by atoms with Gasteiger partial charge in [-0.05, 0) is 25.5 Å². The monoisotopic (exact) mass is 335 g/mol. The van der Waals surface area contributed by atoms with Gasteiger partial charge < -0.3 is 15.2 Å². The van der Waals surface area contributed by atoms with Gasteiger partial charge in [0.1, 0.15) is 17.1 Å². The summed E-state index contributed by atoms with van der Waals surface area (Å²) in [4.78, 5) is 36.8. The molecule has 1 N–H and O–H groups in total. The standard InChI is InChI=1S/C14H16N4O4S/c1-3-17-5-4-8(16-17)11(19)15-9-12(20)18-10(14(21)22)7(2)6-23-13(9)18/h4-5,9,13H,3,6H2,1-2H3,(H,15,19)(H,21,22)/p-1/t9-,13-/m0/s1. The molecule has 1 fully saturated rings. The number of carbonyl (C=O) groups excluding carboxylic acids is 3. The molecule has 0 radical (unpaired) electrons. The van der Waals surface area contributed by atoms with Crippen molar-refractivity contribution in [3.63, 3.8) is 0 Å². The van der Waals surface area contributed by atoms with Crippen LogP contribution >= 0.6 is 11.8 Å². The number of hydrogen-bond donors (Lipinski definition) is 1. The van der Waals surface area contributed by atoms with Gasteiger partial charge in [-0.2, -0.15) is 5.10 Å². The highest BCUT2D eigenvalue weighted by Gasteiger charge is 2.52. The zero-order valence-electron chi connectivity index (χ0n) is 12.6. The van der Waals surface area contributed by atoms with Crippen LogP contribution in [0, 0.1) is 0 Å². The lowest BCUT2D eigenvalue weighted by Gasteiger charge is -2.50. The maximum atomic E-state index is 12.2. The van der Waals surface area contributed by atoms with Gasteiger partial charge in [-0.15, -0.1) is 11.8 Å². The van der Waals surface area contributed by atoms with Gasteiger partial charge in [-0.1, -0.05) is 0 Å². The van der Waals surface area contributed by atoms with Gasteiger partial charge in [0.15, 0.2) is 0 Å². The van der Waals surface area contributed by atoms with E-state index in [1.54, 1.807) is 23.9 Å². The van der Waals surface area contributed by atoms with E-state index in [0.29, 0.717) is 17.9 Å². The zero-order chi connectivity index (χ0) is 16.7. The number of nitrogens with zero attached hydrogens (tertiary/aromatic N) is 3. The molecule has 0 aliphatic carbocycles. The molecule has 9 heteroatoms. The molecule has 122 valence electrons. The molecule has 3 rings (SSSR count). The predicted molar refractivity (Wildman–Crippen MR) is 80.0 cm³/mol. The van der Waals surface area contributed by atoms with Crippen molar-refractivity contribution in [3.8, 4) is 0 Å². The van der Waals surface area contributed by atoms with Gasteiger partial charge in [0.25, 0.3) is 11.8 Å². The Morgan fingerprint density at radius 3 is 2.87 bits per heavy atom. The average Bonchev–Trinajstić information content (AvgIpc) is 3.01. The molecule has 1 saturated heterocycles. The number of β-lactam (4-membered cyclic amide) rings is 1. The molecule has 2 aliphatic rings. The fourth-order valence-corrected chi connectivity index (χ4v) is 3.93. The second kappa shape index (κ2) is 5.73. The van der Waals surface area contributed by atoms with Crippen LogP contribution in [0.15, 0.2) is 23.5 Å². The Morgan fingerprint density at radius 1 is 1.52 bits per heavy atom. The smallest absolute Gasteiger partial charge is 0.272 e. The Kier molecular flexibility index (Phi) is 3.88. The molecule has 0 spiro atoms. The Morgan fingerprint density at radius 2 is 2.26 bits per heavy atom. The Hall–Kier alpha value is -2.29. The Labute approximate surface area is 136 Å². The summed E-state index contributed by atoms with van der Waals surface area (Å²) in [6, 6.07) is 0.825. The van der Waals surface area contributed by atoms with E-state index in [1.807, 2.05) is 6.92 Å². The third kappa shape index (κ3) is 2.50. The lowest BCUT2D eigenvalue weighted by Crippen LogP contribution is -2.71. The van der Waals surface area contributed by atoms with Crippen molar-refractivity contribution in [1.29, 1.82) is 0 Å². The average molecular weight is 335 g/mol. The molecule has 1 aromatic rings. The maximum absolute atomic E-state index is 12.2. The van der Waals surface area contributed by atoms with Crippen LogP contribution in [0.3, 0.4) is 0 Å². The summed E-state index contributed by atoms with van der Waals surface area (Å²) >= 11 is 1.42. The normalized spacial score (nSPS) is 23.4. The van der Waals surface area contributed by atoms with Crippen LogP contribution in [0.2, 0.25) is 0 Å². The van der Waals surface area contributed by atoms with Gasteiger partial charge >= 0.3 is 0 Å². The SMILES string of the molecule is CCn1ccc(C(=O)N[C@H]2C(=O)N3C(C(=O)[O-])=C(C)CS[C@@H]23)n1. The third-order valence-corrected chi connectivity index (χ3v) is 5.26. The Balaban J connectivity index is 1.73. The number of nitrogens with one attached hydrogen (secondary N) is 1. The minimum atomic E-state index is -1.37. The van der Waals surface area contributed by atoms with Gasteiger partial charge in [0.05, 0.1) is 11.7 Å². The van der Waals surface area contributed by atoms with Crippen LogP contribution in [-0.4, -0.2) is 49.6 Å². The number of carboxylic acids is 1. The number of amides is 2. The number of aliphatic carboxylic acids is 1. The number of rotatable bonds is 4. The van der Waals surface area contributed by atoms with Crippen LogP contribution < -0.4 is 10.4 Å². The van der Waals surface area contributed by atoms with E-state index in [1.165, 1.54) is 16.7 Å². The lowest BCUT2D eigenvalue weighted by atomic mass is 10.0. The molecule has 2 aliphatic heterocycles. The van der Waals surface area contributed by atoms with Crippen LogP contribution in [0.1, 0.15) is 24.3 Å². The zero-order valence-corrected chi connectivity index (χ0v) is 13.4. The summed E-state index contributed by atoms with van der Waals surface area (Å²) in [6.07, 6.45) is 1.68. The molecule has 23 heavy (non-hydrogen) atoms. The lowest BCUT2D eigenvalue weighted by molar-refractivity contribution is -0.301. The number of fused-ring (bicyclic) bond motifs is 1. The minimum Gasteiger partial charge on any atom is -0.543 e. The first-order valence-corrected chi connectivity index (χ1v) is 8.19. The highest BCUT2D eigenvalue weighted by atomic mass is 32.2. The fourth-order valence-electron chi connectivity index (χ4n) is 2.64. The van der Waals surface area contributed by atoms with Crippen molar-refractivity contribution >= 4 is 29.5 Å². The molecule has 1 aromatic heterocycles. The Bertz CT molecular complexity index is 726. The van der Waals surface area contributed by atoms with Crippen LogP contribution in [0.25, 0.3) is 0 Å². The van der Waals surface area contributed by atoms with E-state index in [-0.39, 0.29) is 11.4 Å². The molecule has 0 bridgehead atoms. The first-order chi connectivity index (χ1) is 10.9. The van der Waals surface area contributed by atoms with E-state index in [9.17, 15) is 19.5 Å². The summed E-state index contributed by atoms with van der Waals surface area (Å²) in [7, 11) is 0. The number of hydrogen-bond acceptors (Lipinski definition) is 6. The minimum absolute atomic E-state index is 0.0838. The molecule has 0 aromatic carbocycles. The summed E-state index contributed by atoms with van der Waals surface area (Å²) < 4.78 is 1.61. The van der Waals surface area contributed by atoms with Crippen LogP contribution in [0.4, 0.5) is 0 Å². The van der Waals surface area contributed by atoms with Gasteiger partial charge in [0, 0.05) is 18.5 Å². The van der Waals surface area contributed by atoms with Gasteiger partial charge in [-0.25, -0.2) is 0 Å². The highest BCUT2D eigenvalue weighted by Crippen LogP contribution is 2.39. The molecule has 2 amide bonds. The first-order valence-electron chi connectivity index (χ1n) is 7.14. The predicted octanol–water partition coefficient (Wildman–Crippen LogP) is -1.06. The van der Waals surface area contributed by atoms with E-state index < -0.39 is 29.2 Å². The molecule has 0 saturated carbocycles. The number of aromatic nitrogens is 2. The quantitative estimate of drug-likeness (QED) is 0.703. The van der Waals surface area contributed by atoms with Crippen molar-refractivity contribution in [2.75, 3.05) is 5.75 Å². The van der Waals surface area contributed by atoms with E-state index in [0.717, 1.165) is 0 Å². The molecular weight excluding hydrogens is 320 g/mol. The summed E-state index contributed by atoms with van der Waals surface area (Å²) in [5, 5.41) is 17.5. The van der Waals surface area contributed by atoms with Crippen molar-refractivity contribution in [2.24, 2.45) is 0 Å². The summed E-state index contributed by atoms with van der Waals surface area (Å²) in [6.45, 7) is 4.20. The van der Waals surface area contributed by atoms with Crippen molar-refractivity contribution in [2.45, 2.75) is 31.8 Å². The van der Waals surface area contributed by atoms with Crippen LogP contribution in [0.5, 0.6) is 0 Å². The topological polar surface area (TPSA) is 107 Å². The summed E-state index contributed by atoms with van der Waals surface area (Å²) in [5.74, 6) is -1.78. The first kappa shape index (κ1) is 15.6. The van der Waals surface area contributed by atoms with Crippen molar-refractivity contribution in [1.82, 2.24) is 20.0 Å². The third-order valence-electron chi connectivity index (χ3n) is 3.84. The number of thioether (sulfide) groups is 1. The second-order valence-corrected chi connectivity index (χ2v) is 6.44. The molecule has 8 nitrogen and oxygen atoms in total. The van der Waals surface area contributed by atoms with Gasteiger partial charge in [-0.3, -0.25) is 19.2 Å². The molecule has 2 atom stereocenters. The van der Waals surface area contributed by atoms with Gasteiger partial charge in [0.2, 0.25) is 0 Å². The number of carbonyl (C=O) groups is 3. The van der Waals surface area contributed by atoms with Crippen molar-refractivity contribution < 1.29 is 19.5 Å². The molecule has 0 unspecified atom stereocenters.